The van der Waals surface area contributed by atoms with Crippen molar-refractivity contribution in [3.8, 4) is 11.3 Å². The summed E-state index contributed by atoms with van der Waals surface area (Å²) in [6, 6.07) is 15.1. The van der Waals surface area contributed by atoms with Crippen LogP contribution >= 0.6 is 23.2 Å². The SMILES string of the molecule is CCCCCCN(CCCCCC)C(=O)c1cc(-c2ccc(Cl)cc2Cl)nc2ccccc12. The fourth-order valence-corrected chi connectivity index (χ4v) is 4.64. The summed E-state index contributed by atoms with van der Waals surface area (Å²) < 4.78 is 0. The van der Waals surface area contributed by atoms with Crippen LogP contribution in [-0.4, -0.2) is 28.9 Å². The average Bonchev–Trinajstić information content (AvgIpc) is 2.82. The van der Waals surface area contributed by atoms with E-state index in [1.807, 2.05) is 41.3 Å². The molecule has 33 heavy (non-hydrogen) atoms. The van der Waals surface area contributed by atoms with Gasteiger partial charge in [-0.05, 0) is 43.2 Å². The number of halogens is 2. The summed E-state index contributed by atoms with van der Waals surface area (Å²) in [5, 5.41) is 1.98. The van der Waals surface area contributed by atoms with Gasteiger partial charge in [0.05, 0.1) is 21.8 Å². The molecule has 0 radical (unpaired) electrons. The molecule has 0 aliphatic rings. The molecule has 176 valence electrons. The minimum atomic E-state index is 0.0768. The molecular weight excluding hydrogens is 451 g/mol. The van der Waals surface area contributed by atoms with Gasteiger partial charge in [-0.25, -0.2) is 4.98 Å². The second-order valence-corrected chi connectivity index (χ2v) is 9.45. The van der Waals surface area contributed by atoms with Crippen LogP contribution < -0.4 is 0 Å². The van der Waals surface area contributed by atoms with Crippen LogP contribution in [0, 0.1) is 0 Å². The van der Waals surface area contributed by atoms with Crippen LogP contribution in [0.25, 0.3) is 22.2 Å². The van der Waals surface area contributed by atoms with Crippen molar-refractivity contribution in [1.82, 2.24) is 9.88 Å². The van der Waals surface area contributed by atoms with Gasteiger partial charge in [-0.2, -0.15) is 0 Å². The van der Waals surface area contributed by atoms with Gasteiger partial charge in [-0.15, -0.1) is 0 Å². The van der Waals surface area contributed by atoms with Gasteiger partial charge in [-0.3, -0.25) is 4.79 Å². The van der Waals surface area contributed by atoms with Crippen molar-refractivity contribution in [2.45, 2.75) is 65.2 Å². The molecule has 0 atom stereocenters. The van der Waals surface area contributed by atoms with Crippen LogP contribution in [0.1, 0.15) is 75.6 Å². The Morgan fingerprint density at radius 2 is 1.52 bits per heavy atom. The van der Waals surface area contributed by atoms with Crippen LogP contribution in [0.15, 0.2) is 48.5 Å². The summed E-state index contributed by atoms with van der Waals surface area (Å²) in [4.78, 5) is 20.7. The molecule has 0 N–H and O–H groups in total. The number of pyridine rings is 1. The zero-order valence-corrected chi connectivity index (χ0v) is 21.3. The number of hydrogen-bond acceptors (Lipinski definition) is 2. The highest BCUT2D eigenvalue weighted by Crippen LogP contribution is 2.32. The summed E-state index contributed by atoms with van der Waals surface area (Å²) in [7, 11) is 0. The summed E-state index contributed by atoms with van der Waals surface area (Å²) in [6.07, 6.45) is 9.15. The van der Waals surface area contributed by atoms with Crippen molar-refractivity contribution in [3.63, 3.8) is 0 Å². The van der Waals surface area contributed by atoms with Crippen molar-refractivity contribution < 1.29 is 4.79 Å². The Labute approximate surface area is 208 Å². The third kappa shape index (κ3) is 6.94. The van der Waals surface area contributed by atoms with Gasteiger partial charge in [0.1, 0.15) is 0 Å². The van der Waals surface area contributed by atoms with Gasteiger partial charge in [0.25, 0.3) is 5.91 Å². The van der Waals surface area contributed by atoms with Crippen molar-refractivity contribution in [3.05, 3.63) is 64.1 Å². The lowest BCUT2D eigenvalue weighted by Gasteiger charge is -2.24. The molecule has 1 amide bonds. The van der Waals surface area contributed by atoms with Gasteiger partial charge >= 0.3 is 0 Å². The zero-order valence-electron chi connectivity index (χ0n) is 19.7. The fraction of sp³-hybridized carbons (Fsp3) is 0.429. The Hall–Kier alpha value is -2.10. The van der Waals surface area contributed by atoms with E-state index in [0.29, 0.717) is 21.3 Å². The van der Waals surface area contributed by atoms with Crippen molar-refractivity contribution >= 4 is 40.0 Å². The Bertz CT molecular complexity index is 1050. The number of amides is 1. The maximum atomic E-state index is 13.9. The van der Waals surface area contributed by atoms with E-state index in [1.165, 1.54) is 25.7 Å². The third-order valence-electron chi connectivity index (χ3n) is 6.00. The molecule has 0 spiro atoms. The fourth-order valence-electron chi connectivity index (χ4n) is 4.13. The van der Waals surface area contributed by atoms with Crippen molar-refractivity contribution in [2.75, 3.05) is 13.1 Å². The normalized spacial score (nSPS) is 11.2. The number of carbonyl (C=O) groups is 1. The summed E-state index contributed by atoms with van der Waals surface area (Å²) >= 11 is 12.6. The van der Waals surface area contributed by atoms with Gasteiger partial charge in [0, 0.05) is 29.1 Å². The highest BCUT2D eigenvalue weighted by molar-refractivity contribution is 6.36. The van der Waals surface area contributed by atoms with Gasteiger partial charge in [0.15, 0.2) is 0 Å². The Balaban J connectivity index is 1.97. The predicted octanol–water partition coefficient (Wildman–Crippen LogP) is 8.81. The molecule has 3 nitrogen and oxygen atoms in total. The molecular formula is C28H34Cl2N2O. The summed E-state index contributed by atoms with van der Waals surface area (Å²) in [6.45, 7) is 6.00. The molecule has 0 aliphatic heterocycles. The largest absolute Gasteiger partial charge is 0.339 e. The number of rotatable bonds is 12. The quantitative estimate of drug-likeness (QED) is 0.240. The average molecular weight is 485 g/mol. The van der Waals surface area contributed by atoms with Crippen LogP contribution in [0.2, 0.25) is 10.0 Å². The van der Waals surface area contributed by atoms with E-state index in [-0.39, 0.29) is 5.91 Å². The van der Waals surface area contributed by atoms with E-state index in [1.54, 1.807) is 12.1 Å². The summed E-state index contributed by atoms with van der Waals surface area (Å²) in [5.74, 6) is 0.0768. The number of aromatic nitrogens is 1. The number of benzene rings is 2. The molecule has 2 aromatic carbocycles. The van der Waals surface area contributed by atoms with E-state index >= 15 is 0 Å². The minimum absolute atomic E-state index is 0.0768. The molecule has 1 heterocycles. The van der Waals surface area contributed by atoms with E-state index in [2.05, 4.69) is 13.8 Å². The first-order chi connectivity index (χ1) is 16.0. The maximum Gasteiger partial charge on any atom is 0.254 e. The second-order valence-electron chi connectivity index (χ2n) is 8.61. The van der Waals surface area contributed by atoms with Crippen LogP contribution in [0.3, 0.4) is 0 Å². The molecule has 0 bridgehead atoms. The molecule has 0 unspecified atom stereocenters. The Morgan fingerprint density at radius 1 is 0.848 bits per heavy atom. The standard InChI is InChI=1S/C28H34Cl2N2O/c1-3-5-7-11-17-32(18-12-8-6-4-2)28(33)24-20-27(23-16-15-21(29)19-25(23)30)31-26-14-10-9-13-22(24)26/h9-10,13-16,19-20H,3-8,11-12,17-18H2,1-2H3. The number of fused-ring (bicyclic) bond motifs is 1. The predicted molar refractivity (Wildman–Crippen MR) is 141 cm³/mol. The number of hydrogen-bond donors (Lipinski definition) is 0. The van der Waals surface area contributed by atoms with Crippen LogP contribution in [0.4, 0.5) is 0 Å². The molecule has 5 heteroatoms. The van der Waals surface area contributed by atoms with E-state index in [9.17, 15) is 4.79 Å². The molecule has 0 fully saturated rings. The molecule has 3 aromatic rings. The monoisotopic (exact) mass is 484 g/mol. The molecule has 3 rings (SSSR count). The first kappa shape index (κ1) is 25.5. The lowest BCUT2D eigenvalue weighted by atomic mass is 10.0. The van der Waals surface area contributed by atoms with Crippen molar-refractivity contribution in [1.29, 1.82) is 0 Å². The maximum absolute atomic E-state index is 13.9. The number of carbonyl (C=O) groups excluding carboxylic acids is 1. The highest BCUT2D eigenvalue weighted by atomic mass is 35.5. The van der Waals surface area contributed by atoms with E-state index in [0.717, 1.165) is 55.2 Å². The number of para-hydroxylation sites is 1. The molecule has 0 saturated carbocycles. The summed E-state index contributed by atoms with van der Waals surface area (Å²) in [5.41, 5.74) is 2.95. The zero-order chi connectivity index (χ0) is 23.6. The second kappa shape index (κ2) is 13.0. The number of nitrogens with zero attached hydrogens (tertiary/aromatic N) is 2. The van der Waals surface area contributed by atoms with E-state index < -0.39 is 0 Å². The van der Waals surface area contributed by atoms with Gasteiger partial charge in [-0.1, -0.05) is 93.8 Å². The molecule has 1 aromatic heterocycles. The molecule has 0 aliphatic carbocycles. The third-order valence-corrected chi connectivity index (χ3v) is 6.55. The van der Waals surface area contributed by atoms with Crippen molar-refractivity contribution in [2.24, 2.45) is 0 Å². The number of unbranched alkanes of at least 4 members (excludes halogenated alkanes) is 6. The Morgan fingerprint density at radius 3 is 2.15 bits per heavy atom. The van der Waals surface area contributed by atoms with Gasteiger partial charge < -0.3 is 4.90 Å². The minimum Gasteiger partial charge on any atom is -0.339 e. The first-order valence-electron chi connectivity index (χ1n) is 12.2. The van der Waals surface area contributed by atoms with E-state index in [4.69, 9.17) is 28.2 Å². The smallest absolute Gasteiger partial charge is 0.254 e. The topological polar surface area (TPSA) is 33.2 Å². The van der Waals surface area contributed by atoms with Crippen LogP contribution in [-0.2, 0) is 0 Å². The highest BCUT2D eigenvalue weighted by Gasteiger charge is 2.20. The lowest BCUT2D eigenvalue weighted by Crippen LogP contribution is -2.33. The van der Waals surface area contributed by atoms with Gasteiger partial charge in [0.2, 0.25) is 0 Å². The Kier molecular flexibility index (Phi) is 10.0. The molecule has 0 saturated heterocycles. The lowest BCUT2D eigenvalue weighted by molar-refractivity contribution is 0.0751. The van der Waals surface area contributed by atoms with Crippen LogP contribution in [0.5, 0.6) is 0 Å². The first-order valence-corrected chi connectivity index (χ1v) is 12.9.